The first kappa shape index (κ1) is 30.2. The molecule has 0 rings (SSSR count). The van der Waals surface area contributed by atoms with Gasteiger partial charge in [-0.25, -0.2) is 0 Å². The molecule has 31 heavy (non-hydrogen) atoms. The van der Waals surface area contributed by atoms with Crippen molar-refractivity contribution in [1.29, 1.82) is 0 Å². The lowest BCUT2D eigenvalue weighted by Gasteiger charge is -2.07. The molecule has 0 aliphatic rings. The third-order valence-corrected chi connectivity index (χ3v) is 6.54. The molecule has 0 saturated heterocycles. The van der Waals surface area contributed by atoms with Crippen molar-refractivity contribution < 1.29 is 9.90 Å². The lowest BCUT2D eigenvalue weighted by Crippen LogP contribution is -1.92. The highest BCUT2D eigenvalue weighted by molar-refractivity contribution is 6.29. The summed E-state index contributed by atoms with van der Waals surface area (Å²) in [6.45, 7) is 4.68. The summed E-state index contributed by atoms with van der Waals surface area (Å²) in [7, 11) is 0. The molecule has 3 heteroatoms. The minimum atomic E-state index is -0.715. The van der Waals surface area contributed by atoms with Gasteiger partial charge in [-0.15, -0.1) is 0 Å². The zero-order valence-corrected chi connectivity index (χ0v) is 21.4. The maximum absolute atomic E-state index is 10.4. The van der Waals surface area contributed by atoms with Gasteiger partial charge >= 0.3 is 5.97 Å². The van der Waals surface area contributed by atoms with Crippen LogP contribution in [0.5, 0.6) is 0 Å². The molecule has 182 valence electrons. The van der Waals surface area contributed by atoms with E-state index < -0.39 is 5.97 Å². The molecular weight excluding hydrogens is 404 g/mol. The van der Waals surface area contributed by atoms with Crippen molar-refractivity contribution in [1.82, 2.24) is 0 Å². The maximum atomic E-state index is 10.4. The molecule has 0 aliphatic carbocycles. The summed E-state index contributed by atoms with van der Waals surface area (Å²) in [5.74, 6) is 0.206. The first-order valence-corrected chi connectivity index (χ1v) is 13.6. The van der Waals surface area contributed by atoms with Crippen LogP contribution in [0.25, 0.3) is 0 Å². The van der Waals surface area contributed by atoms with Gasteiger partial charge in [0.05, 0.1) is 0 Å². The summed E-state index contributed by atoms with van der Waals surface area (Å²) in [4.78, 5) is 10.4. The highest BCUT2D eigenvalue weighted by atomic mass is 35.5. The van der Waals surface area contributed by atoms with E-state index in [1.165, 1.54) is 89.9 Å². The predicted octanol–water partition coefficient (Wildman–Crippen LogP) is 10.2. The number of carbonyl (C=O) groups is 1. The van der Waals surface area contributed by atoms with Gasteiger partial charge in [-0.3, -0.25) is 4.79 Å². The number of hydrogen-bond acceptors (Lipinski definition) is 1. The molecule has 0 aromatic rings. The Hall–Kier alpha value is -0.760. The van der Waals surface area contributed by atoms with Crippen LogP contribution in [0.3, 0.4) is 0 Å². The average molecular weight is 455 g/mol. The Bertz CT molecular complexity index is 456. The number of allylic oxidation sites excluding steroid dienone is 4. The van der Waals surface area contributed by atoms with Crippen LogP contribution in [0.1, 0.15) is 142 Å². The first-order valence-electron chi connectivity index (χ1n) is 13.3. The molecule has 0 aliphatic heterocycles. The molecule has 0 radical (unpaired) electrons. The van der Waals surface area contributed by atoms with Gasteiger partial charge in [-0.2, -0.15) is 0 Å². The van der Waals surface area contributed by atoms with E-state index in [1.807, 2.05) is 0 Å². The van der Waals surface area contributed by atoms with Crippen LogP contribution in [0, 0.1) is 5.92 Å². The lowest BCUT2D eigenvalue weighted by atomic mass is 9.99. The summed E-state index contributed by atoms with van der Waals surface area (Å²) in [6, 6.07) is 0. The van der Waals surface area contributed by atoms with E-state index in [0.717, 1.165) is 36.6 Å². The van der Waals surface area contributed by atoms with E-state index in [-0.39, 0.29) is 6.42 Å². The van der Waals surface area contributed by atoms with Crippen molar-refractivity contribution in [3.8, 4) is 0 Å². The third-order valence-electron chi connectivity index (χ3n) is 6.19. The molecule has 0 fully saturated rings. The van der Waals surface area contributed by atoms with Crippen molar-refractivity contribution in [2.75, 3.05) is 0 Å². The third kappa shape index (κ3) is 25.4. The maximum Gasteiger partial charge on any atom is 0.303 e. The Morgan fingerprint density at radius 2 is 1.26 bits per heavy atom. The largest absolute Gasteiger partial charge is 0.481 e. The Balaban J connectivity index is 3.30. The van der Waals surface area contributed by atoms with Gasteiger partial charge in [0.1, 0.15) is 0 Å². The van der Waals surface area contributed by atoms with Gasteiger partial charge in [0, 0.05) is 11.5 Å². The fourth-order valence-corrected chi connectivity index (χ4v) is 4.02. The predicted molar refractivity (Wildman–Crippen MR) is 138 cm³/mol. The smallest absolute Gasteiger partial charge is 0.303 e. The molecule has 0 aromatic heterocycles. The number of aliphatic carboxylic acids is 1. The number of carboxylic acids is 1. The summed E-state index contributed by atoms with van der Waals surface area (Å²) < 4.78 is 0. The summed E-state index contributed by atoms with van der Waals surface area (Å²) in [5, 5.41) is 9.55. The molecule has 1 N–H and O–H groups in total. The van der Waals surface area contributed by atoms with Gasteiger partial charge in [0.15, 0.2) is 0 Å². The van der Waals surface area contributed by atoms with Gasteiger partial charge in [0.25, 0.3) is 0 Å². The number of rotatable bonds is 23. The van der Waals surface area contributed by atoms with Crippen LogP contribution in [0.2, 0.25) is 0 Å². The molecule has 0 saturated carbocycles. The monoisotopic (exact) mass is 454 g/mol. The minimum Gasteiger partial charge on any atom is -0.481 e. The van der Waals surface area contributed by atoms with Gasteiger partial charge in [0.2, 0.25) is 0 Å². The standard InChI is InChI=1S/C28H51ClO2/c1-3-26(2)22-18-14-11-9-7-5-4-6-8-10-12-15-19-23-27(29)24-20-16-13-17-21-25-28(30)31/h13,16,23,26H,3-12,14-15,17-22,24-25H2,1-2H3,(H,30,31)/b16-13-,27-23-. The molecule has 0 amide bonds. The van der Waals surface area contributed by atoms with Crippen LogP contribution in [0.4, 0.5) is 0 Å². The van der Waals surface area contributed by atoms with E-state index in [1.54, 1.807) is 0 Å². The molecule has 2 nitrogen and oxygen atoms in total. The van der Waals surface area contributed by atoms with E-state index >= 15 is 0 Å². The van der Waals surface area contributed by atoms with Gasteiger partial charge in [-0.05, 0) is 44.4 Å². The number of unbranched alkanes of at least 4 members (excludes halogenated alkanes) is 13. The van der Waals surface area contributed by atoms with Crippen LogP contribution >= 0.6 is 11.6 Å². The van der Waals surface area contributed by atoms with E-state index in [9.17, 15) is 4.79 Å². The van der Waals surface area contributed by atoms with Crippen molar-refractivity contribution in [2.24, 2.45) is 5.92 Å². The van der Waals surface area contributed by atoms with Crippen molar-refractivity contribution in [3.63, 3.8) is 0 Å². The first-order chi connectivity index (χ1) is 15.1. The van der Waals surface area contributed by atoms with Crippen molar-refractivity contribution in [2.45, 2.75) is 142 Å². The molecule has 0 spiro atoms. The Labute approximate surface area is 198 Å². The SMILES string of the molecule is CCC(C)CCCCCCCCCCCCCC/C=C(\Cl)CC/C=C\CCCC(=O)O. The fraction of sp³-hybridized carbons (Fsp3) is 0.821. The van der Waals surface area contributed by atoms with E-state index in [4.69, 9.17) is 16.7 Å². The minimum absolute atomic E-state index is 0.254. The lowest BCUT2D eigenvalue weighted by molar-refractivity contribution is -0.137. The van der Waals surface area contributed by atoms with Gasteiger partial charge in [-0.1, -0.05) is 127 Å². The summed E-state index contributed by atoms with van der Waals surface area (Å²) >= 11 is 6.28. The second-order valence-electron chi connectivity index (χ2n) is 9.28. The second kappa shape index (κ2) is 23.9. The highest BCUT2D eigenvalue weighted by Crippen LogP contribution is 2.17. The number of carboxylic acid groups (broad SMARTS) is 1. The Morgan fingerprint density at radius 3 is 1.81 bits per heavy atom. The van der Waals surface area contributed by atoms with Crippen molar-refractivity contribution >= 4 is 17.6 Å². The van der Waals surface area contributed by atoms with Crippen LogP contribution < -0.4 is 0 Å². The normalized spacial score (nSPS) is 13.2. The average Bonchev–Trinajstić information content (AvgIpc) is 2.75. The fourth-order valence-electron chi connectivity index (χ4n) is 3.80. The zero-order chi connectivity index (χ0) is 23.0. The quantitative estimate of drug-likeness (QED) is 0.123. The molecule has 0 bridgehead atoms. The molecule has 0 heterocycles. The molecule has 1 unspecified atom stereocenters. The molecule has 0 aromatic carbocycles. The number of halogens is 1. The molecule has 1 atom stereocenters. The van der Waals surface area contributed by atoms with E-state index in [2.05, 4.69) is 32.1 Å². The highest BCUT2D eigenvalue weighted by Gasteiger charge is 1.98. The number of hydrogen-bond donors (Lipinski definition) is 1. The van der Waals surface area contributed by atoms with E-state index in [0.29, 0.717) is 6.42 Å². The van der Waals surface area contributed by atoms with Crippen LogP contribution in [-0.4, -0.2) is 11.1 Å². The van der Waals surface area contributed by atoms with Crippen molar-refractivity contribution in [3.05, 3.63) is 23.3 Å². The van der Waals surface area contributed by atoms with Crippen LogP contribution in [0.15, 0.2) is 23.3 Å². The summed E-state index contributed by atoms with van der Waals surface area (Å²) in [6.07, 6.45) is 30.6. The van der Waals surface area contributed by atoms with Crippen LogP contribution in [-0.2, 0) is 4.79 Å². The second-order valence-corrected chi connectivity index (χ2v) is 9.77. The Morgan fingerprint density at radius 1 is 0.742 bits per heavy atom. The Kier molecular flexibility index (Phi) is 23.3. The molecular formula is C28H51ClO2. The zero-order valence-electron chi connectivity index (χ0n) is 20.7. The summed E-state index contributed by atoms with van der Waals surface area (Å²) in [5.41, 5.74) is 0. The topological polar surface area (TPSA) is 37.3 Å². The van der Waals surface area contributed by atoms with Gasteiger partial charge < -0.3 is 5.11 Å².